The molecule has 2 aliphatic heterocycles. The van der Waals surface area contributed by atoms with Crippen LogP contribution in [-0.2, 0) is 26.6 Å². The van der Waals surface area contributed by atoms with E-state index in [4.69, 9.17) is 10.5 Å². The Morgan fingerprint density at radius 3 is 2.59 bits per heavy atom. The first kappa shape index (κ1) is 27.1. The van der Waals surface area contributed by atoms with Crippen molar-refractivity contribution in [3.63, 3.8) is 0 Å². The molecular weight excluding hydrogens is 532 g/mol. The number of pyridine rings is 1. The molecule has 0 radical (unpaired) electrons. The number of nitrogens with one attached hydrogen (secondary N) is 3. The minimum atomic E-state index is -0.824. The van der Waals surface area contributed by atoms with Gasteiger partial charge < -0.3 is 36.4 Å². The van der Waals surface area contributed by atoms with E-state index in [1.165, 1.54) is 36.2 Å². The van der Waals surface area contributed by atoms with Crippen molar-refractivity contribution in [1.29, 1.82) is 0 Å². The Labute approximate surface area is 235 Å². The summed E-state index contributed by atoms with van der Waals surface area (Å²) < 4.78 is 7.22. The minimum absolute atomic E-state index is 0.122. The first-order valence-corrected chi connectivity index (χ1v) is 13.9. The van der Waals surface area contributed by atoms with Crippen LogP contribution in [0.25, 0.3) is 0 Å². The van der Waals surface area contributed by atoms with Crippen LogP contribution in [0, 0.1) is 5.41 Å². The molecule has 6 N–H and O–H groups in total. The number of aromatic nitrogens is 3. The third-order valence-electron chi connectivity index (χ3n) is 8.76. The van der Waals surface area contributed by atoms with E-state index in [1.54, 1.807) is 4.57 Å². The number of carbonyl (C=O) groups is 3. The van der Waals surface area contributed by atoms with E-state index in [9.17, 15) is 24.3 Å². The lowest BCUT2D eigenvalue weighted by Gasteiger charge is -2.39. The molecule has 14 heteroatoms. The number of anilines is 3. The number of hydrogen-bond acceptors (Lipinski definition) is 10. The number of nitrogens with zero attached hydrogens (tertiary/aromatic N) is 4. The van der Waals surface area contributed by atoms with Crippen molar-refractivity contribution in [2.75, 3.05) is 37.3 Å². The summed E-state index contributed by atoms with van der Waals surface area (Å²) in [6.07, 6.45) is 6.80. The van der Waals surface area contributed by atoms with Crippen molar-refractivity contribution in [3.05, 3.63) is 40.1 Å². The van der Waals surface area contributed by atoms with Gasteiger partial charge in [-0.15, -0.1) is 0 Å². The lowest BCUT2D eigenvalue weighted by molar-refractivity contribution is -0.133. The van der Waals surface area contributed by atoms with Crippen LogP contribution < -0.4 is 27.2 Å². The van der Waals surface area contributed by atoms with Gasteiger partial charge in [-0.2, -0.15) is 0 Å². The Balaban J connectivity index is 1.20. The summed E-state index contributed by atoms with van der Waals surface area (Å²) in [5.74, 6) is -0.580. The monoisotopic (exact) mass is 566 g/mol. The van der Waals surface area contributed by atoms with E-state index >= 15 is 0 Å². The van der Waals surface area contributed by atoms with Crippen molar-refractivity contribution in [2.45, 2.75) is 63.3 Å². The maximum atomic E-state index is 13.8. The summed E-state index contributed by atoms with van der Waals surface area (Å²) in [6, 6.07) is 3.04. The molecule has 4 aliphatic rings. The topological polar surface area (TPSA) is 194 Å². The molecule has 0 aromatic carbocycles. The van der Waals surface area contributed by atoms with E-state index < -0.39 is 17.7 Å². The fraction of sp³-hybridized carbons (Fsp3) is 0.556. The standard InChI is InChI=1S/C27H34N8O6/c28-19-10-20(31-15-30-19)32-18-9-16(13-41-14-21(37)29-11-22(38)34-8-1-17(36)12-34)23-24(39)33-27(35(23)25(18)40)6-4-26(2-3-26)5-7-27/h9-10,15,17,36H,1-8,11-14H2,(H,29,37)(H,33,39)(H3,28,30,31,32). The van der Waals surface area contributed by atoms with Gasteiger partial charge in [-0.05, 0) is 56.4 Å². The Hall–Kier alpha value is -4.04. The predicted octanol–water partition coefficient (Wildman–Crippen LogP) is -0.0595. The van der Waals surface area contributed by atoms with Gasteiger partial charge in [0.2, 0.25) is 11.8 Å². The molecule has 6 rings (SSSR count). The van der Waals surface area contributed by atoms with Gasteiger partial charge in [-0.25, -0.2) is 9.97 Å². The number of likely N-dealkylation sites (tertiary alicyclic amines) is 1. The molecule has 3 amide bonds. The zero-order valence-corrected chi connectivity index (χ0v) is 22.6. The zero-order chi connectivity index (χ0) is 28.8. The maximum Gasteiger partial charge on any atom is 0.276 e. The van der Waals surface area contributed by atoms with E-state index in [0.29, 0.717) is 42.6 Å². The number of ether oxygens (including phenoxy) is 1. The molecule has 4 heterocycles. The number of aliphatic hydroxyl groups excluding tert-OH is 1. The Bertz CT molecular complexity index is 1440. The number of aliphatic hydroxyl groups is 1. The van der Waals surface area contributed by atoms with Crippen molar-refractivity contribution in [2.24, 2.45) is 5.41 Å². The molecule has 1 unspecified atom stereocenters. The molecule has 218 valence electrons. The second-order valence-electron chi connectivity index (χ2n) is 11.6. The van der Waals surface area contributed by atoms with Crippen LogP contribution in [-0.4, -0.2) is 74.6 Å². The minimum Gasteiger partial charge on any atom is -0.391 e. The summed E-state index contributed by atoms with van der Waals surface area (Å²) in [7, 11) is 0. The van der Waals surface area contributed by atoms with Crippen molar-refractivity contribution in [3.8, 4) is 0 Å². The van der Waals surface area contributed by atoms with Gasteiger partial charge >= 0.3 is 0 Å². The van der Waals surface area contributed by atoms with Crippen molar-refractivity contribution < 1.29 is 24.2 Å². The number of fused-ring (bicyclic) bond motifs is 2. The Morgan fingerprint density at radius 2 is 1.90 bits per heavy atom. The molecule has 3 fully saturated rings. The summed E-state index contributed by atoms with van der Waals surface area (Å²) in [5, 5.41) is 18.2. The third-order valence-corrected chi connectivity index (χ3v) is 8.76. The van der Waals surface area contributed by atoms with Gasteiger partial charge in [0.25, 0.3) is 11.5 Å². The number of β-amino-alcohol motifs (C(OH)–C–C–N with tert-alkyl or cyclic N) is 1. The molecule has 1 saturated heterocycles. The van der Waals surface area contributed by atoms with Gasteiger partial charge in [0.15, 0.2) is 0 Å². The molecule has 2 aliphatic carbocycles. The fourth-order valence-electron chi connectivity index (χ4n) is 6.21. The number of carbonyl (C=O) groups excluding carboxylic acids is 3. The van der Waals surface area contributed by atoms with Crippen molar-refractivity contribution >= 4 is 35.0 Å². The third kappa shape index (κ3) is 5.36. The average molecular weight is 567 g/mol. The molecule has 2 aromatic heterocycles. The normalized spacial score (nSPS) is 21.5. The highest BCUT2D eigenvalue weighted by Crippen LogP contribution is 2.59. The summed E-state index contributed by atoms with van der Waals surface area (Å²) in [4.78, 5) is 61.3. The first-order valence-electron chi connectivity index (χ1n) is 13.9. The highest BCUT2D eigenvalue weighted by Gasteiger charge is 2.54. The highest BCUT2D eigenvalue weighted by molar-refractivity contribution is 5.97. The second-order valence-corrected chi connectivity index (χ2v) is 11.6. The van der Waals surface area contributed by atoms with E-state index in [0.717, 1.165) is 12.8 Å². The molecule has 2 spiro atoms. The van der Waals surface area contributed by atoms with Crippen LogP contribution in [0.4, 0.5) is 17.3 Å². The van der Waals surface area contributed by atoms with E-state index in [1.807, 2.05) is 0 Å². The largest absolute Gasteiger partial charge is 0.391 e. The van der Waals surface area contributed by atoms with Gasteiger partial charge in [0.05, 0.1) is 19.3 Å². The molecule has 0 bridgehead atoms. The number of nitrogen functional groups attached to an aromatic ring is 1. The van der Waals surface area contributed by atoms with Crippen LogP contribution in [0.1, 0.15) is 61.0 Å². The zero-order valence-electron chi connectivity index (χ0n) is 22.6. The van der Waals surface area contributed by atoms with Crippen LogP contribution in [0.3, 0.4) is 0 Å². The van der Waals surface area contributed by atoms with Crippen LogP contribution in [0.15, 0.2) is 23.3 Å². The predicted molar refractivity (Wildman–Crippen MR) is 146 cm³/mol. The maximum absolute atomic E-state index is 13.8. The van der Waals surface area contributed by atoms with E-state index in [-0.39, 0.29) is 60.9 Å². The Kier molecular flexibility index (Phi) is 6.90. The summed E-state index contributed by atoms with van der Waals surface area (Å²) in [5.41, 5.74) is 5.78. The quantitative estimate of drug-likeness (QED) is 0.289. The van der Waals surface area contributed by atoms with Crippen molar-refractivity contribution in [1.82, 2.24) is 30.1 Å². The summed E-state index contributed by atoms with van der Waals surface area (Å²) in [6.45, 7) is 0.0332. The molecule has 2 aromatic rings. The Morgan fingerprint density at radius 1 is 1.15 bits per heavy atom. The number of rotatable bonds is 8. The van der Waals surface area contributed by atoms with Gasteiger partial charge in [-0.1, -0.05) is 0 Å². The average Bonchev–Trinajstić information content (AvgIpc) is 3.45. The summed E-state index contributed by atoms with van der Waals surface area (Å²) >= 11 is 0. The number of hydrogen-bond donors (Lipinski definition) is 5. The van der Waals surface area contributed by atoms with Gasteiger partial charge in [-0.3, -0.25) is 23.7 Å². The van der Waals surface area contributed by atoms with Crippen LogP contribution in [0.5, 0.6) is 0 Å². The first-order chi connectivity index (χ1) is 19.7. The van der Waals surface area contributed by atoms with Crippen LogP contribution in [0.2, 0.25) is 0 Å². The molecule has 14 nitrogen and oxygen atoms in total. The lowest BCUT2D eigenvalue weighted by Crippen LogP contribution is -2.50. The highest BCUT2D eigenvalue weighted by atomic mass is 16.5. The number of nitrogens with two attached hydrogens (primary N) is 1. The van der Waals surface area contributed by atoms with E-state index in [2.05, 4.69) is 25.9 Å². The second kappa shape index (κ2) is 10.4. The number of amides is 3. The lowest BCUT2D eigenvalue weighted by atomic mass is 9.79. The SMILES string of the molecule is Nc1cc(Nc2cc(COCC(=O)NCC(=O)N3CCC(O)C3)c3n(c2=O)C2(CCC4(CC4)CC2)NC3=O)ncn1. The van der Waals surface area contributed by atoms with Crippen LogP contribution >= 0.6 is 0 Å². The smallest absolute Gasteiger partial charge is 0.276 e. The fourth-order valence-corrected chi connectivity index (χ4v) is 6.21. The molecular formula is C27H34N8O6. The molecule has 1 atom stereocenters. The molecule has 2 saturated carbocycles. The molecule has 41 heavy (non-hydrogen) atoms. The van der Waals surface area contributed by atoms with Gasteiger partial charge in [0, 0.05) is 24.7 Å². The van der Waals surface area contributed by atoms with Gasteiger partial charge in [0.1, 0.15) is 41.6 Å².